The fraction of sp³-hybridized carbons (Fsp3) is 0.947. The van der Waals surface area contributed by atoms with Crippen LogP contribution >= 0.6 is 0 Å². The topological polar surface area (TPSA) is 81.5 Å². The van der Waals surface area contributed by atoms with Gasteiger partial charge in [-0.2, -0.15) is 0 Å². The van der Waals surface area contributed by atoms with E-state index >= 15 is 0 Å². The van der Waals surface area contributed by atoms with Gasteiger partial charge >= 0.3 is 5.97 Å². The van der Waals surface area contributed by atoms with Gasteiger partial charge in [0.25, 0.3) is 0 Å². The minimum Gasteiger partial charge on any atom is -0.464 e. The summed E-state index contributed by atoms with van der Waals surface area (Å²) >= 11 is 0. The van der Waals surface area contributed by atoms with Crippen LogP contribution in [0.15, 0.2) is 0 Å². The van der Waals surface area contributed by atoms with Gasteiger partial charge in [0.1, 0.15) is 0 Å². The van der Waals surface area contributed by atoms with E-state index in [0.717, 1.165) is 70.6 Å². The monoisotopic (exact) mass is 331 g/mol. The first-order chi connectivity index (χ1) is 10.6. The van der Waals surface area contributed by atoms with Gasteiger partial charge in [-0.25, -0.2) is 4.79 Å². The van der Waals surface area contributed by atoms with E-state index in [2.05, 4.69) is 27.7 Å². The number of aliphatic hydroxyl groups excluding tert-OH is 1. The van der Waals surface area contributed by atoms with Gasteiger partial charge in [-0.15, -0.1) is 0 Å². The van der Waals surface area contributed by atoms with Crippen molar-refractivity contribution in [3.8, 4) is 0 Å². The summed E-state index contributed by atoms with van der Waals surface area (Å²) in [4.78, 5) is 12.3. The molecule has 4 nitrogen and oxygen atoms in total. The first-order valence-electron chi connectivity index (χ1n) is 9.42. The standard InChI is InChI=1S/C19H38O3.H3N/c1-5-9-13-19(14-10-6-2,15-11-7-3)17(20)18(21)22-16-12-8-4;/h17,20H,5-16H2,1-4H3;1H3. The maximum absolute atomic E-state index is 12.3. The largest absolute Gasteiger partial charge is 0.464 e. The average molecular weight is 332 g/mol. The van der Waals surface area contributed by atoms with Gasteiger partial charge < -0.3 is 16.0 Å². The lowest BCUT2D eigenvalue weighted by Gasteiger charge is -2.37. The van der Waals surface area contributed by atoms with Crippen LogP contribution in [0.5, 0.6) is 0 Å². The van der Waals surface area contributed by atoms with E-state index in [1.165, 1.54) is 0 Å². The number of hydrogen-bond acceptors (Lipinski definition) is 4. The lowest BCUT2D eigenvalue weighted by molar-refractivity contribution is -0.163. The van der Waals surface area contributed by atoms with Gasteiger partial charge in [0, 0.05) is 5.41 Å². The molecule has 0 spiro atoms. The Morgan fingerprint density at radius 1 is 0.870 bits per heavy atom. The molecule has 0 radical (unpaired) electrons. The van der Waals surface area contributed by atoms with E-state index in [4.69, 9.17) is 4.74 Å². The Morgan fingerprint density at radius 3 is 1.61 bits per heavy atom. The first kappa shape index (κ1) is 24.6. The number of unbranched alkanes of at least 4 members (excludes halogenated alkanes) is 4. The molecule has 0 saturated heterocycles. The normalized spacial score (nSPS) is 12.6. The zero-order valence-corrected chi connectivity index (χ0v) is 16.0. The second-order valence-electron chi connectivity index (χ2n) is 6.60. The van der Waals surface area contributed by atoms with Crippen molar-refractivity contribution in [3.05, 3.63) is 0 Å². The molecule has 0 bridgehead atoms. The van der Waals surface area contributed by atoms with E-state index < -0.39 is 12.1 Å². The quantitative estimate of drug-likeness (QED) is 0.329. The molecule has 0 heterocycles. The SMILES string of the molecule is CCCCOC(=O)C(O)C(CCCC)(CCCC)CCCC.N. The summed E-state index contributed by atoms with van der Waals surface area (Å²) in [6.07, 6.45) is 10.1. The number of aliphatic hydroxyl groups is 1. The zero-order chi connectivity index (χ0) is 16.8. The molecule has 0 aliphatic heterocycles. The first-order valence-corrected chi connectivity index (χ1v) is 9.42. The number of ether oxygens (including phenoxy) is 1. The fourth-order valence-corrected chi connectivity index (χ4v) is 3.02. The van der Waals surface area contributed by atoms with Crippen LogP contribution < -0.4 is 6.15 Å². The van der Waals surface area contributed by atoms with Crippen LogP contribution in [0.2, 0.25) is 0 Å². The van der Waals surface area contributed by atoms with Crippen LogP contribution in [0.25, 0.3) is 0 Å². The summed E-state index contributed by atoms with van der Waals surface area (Å²) in [5, 5.41) is 10.7. The zero-order valence-electron chi connectivity index (χ0n) is 16.0. The van der Waals surface area contributed by atoms with Gasteiger partial charge in [0.2, 0.25) is 0 Å². The number of rotatable bonds is 14. The molecular formula is C19H41NO3. The molecule has 0 amide bonds. The minimum atomic E-state index is -0.964. The smallest absolute Gasteiger partial charge is 0.335 e. The van der Waals surface area contributed by atoms with Crippen molar-refractivity contribution in [2.75, 3.05) is 6.61 Å². The Morgan fingerprint density at radius 2 is 1.26 bits per heavy atom. The Bertz CT molecular complexity index is 260. The van der Waals surface area contributed by atoms with E-state index in [1.807, 2.05) is 0 Å². The summed E-state index contributed by atoms with van der Waals surface area (Å²) in [7, 11) is 0. The summed E-state index contributed by atoms with van der Waals surface area (Å²) in [5.74, 6) is -0.406. The second-order valence-corrected chi connectivity index (χ2v) is 6.60. The van der Waals surface area contributed by atoms with Gasteiger partial charge in [0.05, 0.1) is 6.61 Å². The Labute approximate surface area is 144 Å². The molecule has 1 unspecified atom stereocenters. The fourth-order valence-electron chi connectivity index (χ4n) is 3.02. The molecule has 4 N–H and O–H groups in total. The molecule has 0 aromatic heterocycles. The van der Waals surface area contributed by atoms with Crippen molar-refractivity contribution in [3.63, 3.8) is 0 Å². The highest BCUT2D eigenvalue weighted by atomic mass is 16.5. The summed E-state index contributed by atoms with van der Waals surface area (Å²) in [6, 6.07) is 0. The van der Waals surface area contributed by atoms with Crippen molar-refractivity contribution < 1.29 is 14.6 Å². The molecule has 140 valence electrons. The molecular weight excluding hydrogens is 290 g/mol. The second kappa shape index (κ2) is 14.9. The predicted octanol–water partition coefficient (Wildman–Crippen LogP) is 5.41. The number of carbonyl (C=O) groups excluding carboxylic acids is 1. The highest BCUT2D eigenvalue weighted by Crippen LogP contribution is 2.40. The maximum Gasteiger partial charge on any atom is 0.335 e. The molecule has 0 aromatic rings. The lowest BCUT2D eigenvalue weighted by atomic mass is 9.70. The third-order valence-electron chi connectivity index (χ3n) is 4.63. The molecule has 0 aliphatic rings. The van der Waals surface area contributed by atoms with Crippen molar-refractivity contribution in [2.24, 2.45) is 5.41 Å². The van der Waals surface area contributed by atoms with E-state index in [-0.39, 0.29) is 11.6 Å². The van der Waals surface area contributed by atoms with E-state index in [9.17, 15) is 9.90 Å². The minimum absolute atomic E-state index is 0. The van der Waals surface area contributed by atoms with Crippen LogP contribution in [-0.4, -0.2) is 23.8 Å². The average Bonchev–Trinajstić information content (AvgIpc) is 2.54. The van der Waals surface area contributed by atoms with Crippen LogP contribution in [0.1, 0.15) is 98.3 Å². The van der Waals surface area contributed by atoms with Gasteiger partial charge in [0.15, 0.2) is 6.10 Å². The van der Waals surface area contributed by atoms with Crippen LogP contribution in [0, 0.1) is 5.41 Å². The third-order valence-corrected chi connectivity index (χ3v) is 4.63. The van der Waals surface area contributed by atoms with Gasteiger partial charge in [-0.3, -0.25) is 0 Å². The van der Waals surface area contributed by atoms with Gasteiger partial charge in [-0.05, 0) is 25.7 Å². The Kier molecular flexibility index (Phi) is 16.0. The molecule has 4 heteroatoms. The lowest BCUT2D eigenvalue weighted by Crippen LogP contribution is -2.42. The highest BCUT2D eigenvalue weighted by Gasteiger charge is 2.41. The van der Waals surface area contributed by atoms with Gasteiger partial charge in [-0.1, -0.05) is 72.6 Å². The number of carbonyl (C=O) groups is 1. The van der Waals surface area contributed by atoms with Crippen molar-refractivity contribution in [2.45, 2.75) is 104 Å². The molecule has 0 rings (SSSR count). The van der Waals surface area contributed by atoms with Crippen molar-refractivity contribution >= 4 is 5.97 Å². The summed E-state index contributed by atoms with van der Waals surface area (Å²) < 4.78 is 5.30. The van der Waals surface area contributed by atoms with E-state index in [1.54, 1.807) is 0 Å². The summed E-state index contributed by atoms with van der Waals surface area (Å²) in [5.41, 5.74) is -0.286. The van der Waals surface area contributed by atoms with Crippen molar-refractivity contribution in [1.29, 1.82) is 0 Å². The van der Waals surface area contributed by atoms with E-state index in [0.29, 0.717) is 6.61 Å². The number of hydrogen-bond donors (Lipinski definition) is 2. The molecule has 0 aliphatic carbocycles. The molecule has 0 fully saturated rings. The summed E-state index contributed by atoms with van der Waals surface area (Å²) in [6.45, 7) is 8.99. The number of esters is 1. The molecule has 23 heavy (non-hydrogen) atoms. The van der Waals surface area contributed by atoms with Crippen LogP contribution in [-0.2, 0) is 9.53 Å². The Hall–Kier alpha value is -0.610. The third kappa shape index (κ3) is 9.31. The molecule has 1 atom stereocenters. The molecule has 0 aromatic carbocycles. The Balaban J connectivity index is 0. The molecule has 0 saturated carbocycles. The highest BCUT2D eigenvalue weighted by molar-refractivity contribution is 5.75. The van der Waals surface area contributed by atoms with Crippen LogP contribution in [0.4, 0.5) is 0 Å². The predicted molar refractivity (Wildman–Crippen MR) is 97.9 cm³/mol. The maximum atomic E-state index is 12.3. The van der Waals surface area contributed by atoms with Crippen molar-refractivity contribution in [1.82, 2.24) is 6.15 Å². The van der Waals surface area contributed by atoms with Crippen LogP contribution in [0.3, 0.4) is 0 Å².